The minimum absolute atomic E-state index is 0.0623. The van der Waals surface area contributed by atoms with Crippen molar-refractivity contribution in [3.8, 4) is 5.75 Å². The van der Waals surface area contributed by atoms with E-state index in [0.717, 1.165) is 12.8 Å². The zero-order valence-electron chi connectivity index (χ0n) is 22.3. The molecule has 1 aromatic heterocycles. The van der Waals surface area contributed by atoms with Crippen LogP contribution >= 0.6 is 0 Å². The van der Waals surface area contributed by atoms with Gasteiger partial charge in [0.25, 0.3) is 0 Å². The zero-order valence-corrected chi connectivity index (χ0v) is 22.3. The number of fused-ring (bicyclic) bond motifs is 1. The summed E-state index contributed by atoms with van der Waals surface area (Å²) in [7, 11) is 0. The summed E-state index contributed by atoms with van der Waals surface area (Å²) in [5, 5.41) is 11.3. The van der Waals surface area contributed by atoms with E-state index in [2.05, 4.69) is 15.6 Å². The molecule has 10 heteroatoms. The van der Waals surface area contributed by atoms with Gasteiger partial charge in [0.1, 0.15) is 29.7 Å². The van der Waals surface area contributed by atoms with Crippen LogP contribution in [0.15, 0.2) is 72.8 Å². The number of ether oxygens (including phenoxy) is 2. The highest BCUT2D eigenvalue weighted by atomic mass is 19.1. The van der Waals surface area contributed by atoms with Crippen molar-refractivity contribution in [1.82, 2.24) is 25.2 Å². The van der Waals surface area contributed by atoms with Gasteiger partial charge in [0.05, 0.1) is 18.2 Å². The third kappa shape index (κ3) is 6.45. The number of hydrogen-bond donors (Lipinski definition) is 1. The number of hydrogen-bond acceptors (Lipinski definition) is 6. The van der Waals surface area contributed by atoms with E-state index in [4.69, 9.17) is 9.47 Å². The Morgan fingerprint density at radius 1 is 1.12 bits per heavy atom. The van der Waals surface area contributed by atoms with Gasteiger partial charge in [-0.2, -0.15) is 0 Å². The van der Waals surface area contributed by atoms with E-state index in [-0.39, 0.29) is 36.8 Å². The Morgan fingerprint density at radius 3 is 2.62 bits per heavy atom. The lowest BCUT2D eigenvalue weighted by Gasteiger charge is -2.32. The summed E-state index contributed by atoms with van der Waals surface area (Å²) in [5.74, 6) is -0.395. The zero-order chi connectivity index (χ0) is 27.9. The van der Waals surface area contributed by atoms with Crippen molar-refractivity contribution in [1.29, 1.82) is 0 Å². The summed E-state index contributed by atoms with van der Waals surface area (Å²) >= 11 is 0. The fourth-order valence-electron chi connectivity index (χ4n) is 4.87. The van der Waals surface area contributed by atoms with Crippen LogP contribution in [0.25, 0.3) is 11.0 Å². The van der Waals surface area contributed by atoms with Crippen molar-refractivity contribution in [3.05, 3.63) is 89.7 Å². The van der Waals surface area contributed by atoms with Gasteiger partial charge in [-0.3, -0.25) is 9.59 Å². The van der Waals surface area contributed by atoms with Gasteiger partial charge in [-0.05, 0) is 67.3 Å². The third-order valence-corrected chi connectivity index (χ3v) is 6.89. The minimum atomic E-state index is -0.968. The first-order valence-electron chi connectivity index (χ1n) is 13.5. The van der Waals surface area contributed by atoms with Gasteiger partial charge in [0, 0.05) is 19.7 Å². The van der Waals surface area contributed by atoms with Gasteiger partial charge in [0.2, 0.25) is 11.8 Å². The smallest absolute Gasteiger partial charge is 0.247 e. The lowest BCUT2D eigenvalue weighted by atomic mass is 10.0. The molecule has 2 unspecified atom stereocenters. The summed E-state index contributed by atoms with van der Waals surface area (Å²) in [4.78, 5) is 29.3. The van der Waals surface area contributed by atoms with E-state index in [1.54, 1.807) is 36.4 Å². The Morgan fingerprint density at radius 2 is 1.90 bits per heavy atom. The van der Waals surface area contributed by atoms with Crippen LogP contribution in [0.1, 0.15) is 36.9 Å². The highest BCUT2D eigenvalue weighted by Gasteiger charge is 2.33. The number of nitrogens with zero attached hydrogens (tertiary/aromatic N) is 4. The predicted molar refractivity (Wildman–Crippen MR) is 147 cm³/mol. The summed E-state index contributed by atoms with van der Waals surface area (Å²) in [5.41, 5.74) is 2.67. The highest BCUT2D eigenvalue weighted by molar-refractivity contribution is 5.89. The molecule has 0 aliphatic carbocycles. The number of para-hydroxylation sites is 1. The first-order valence-corrected chi connectivity index (χ1v) is 13.5. The number of nitrogens with one attached hydrogen (secondary N) is 1. The number of aromatic nitrogens is 3. The van der Waals surface area contributed by atoms with Gasteiger partial charge >= 0.3 is 0 Å². The van der Waals surface area contributed by atoms with Crippen molar-refractivity contribution >= 4 is 22.8 Å². The van der Waals surface area contributed by atoms with Crippen LogP contribution in [0, 0.1) is 5.82 Å². The SMILES string of the molecule is CCOc1ccc(C(C(=O)NCC2CCCO2)N(Cc2ccc(F)cc2)C(=O)Cn2nnc3ccccc32)cc1. The molecule has 1 N–H and O–H groups in total. The minimum Gasteiger partial charge on any atom is -0.494 e. The molecule has 2 heterocycles. The molecule has 4 aromatic rings. The number of halogens is 1. The van der Waals surface area contributed by atoms with Gasteiger partial charge < -0.3 is 19.7 Å². The molecule has 1 aliphatic rings. The third-order valence-electron chi connectivity index (χ3n) is 6.89. The normalized spacial score (nSPS) is 15.6. The van der Waals surface area contributed by atoms with E-state index in [1.807, 2.05) is 31.2 Å². The molecular weight excluding hydrogens is 513 g/mol. The molecule has 0 radical (unpaired) electrons. The van der Waals surface area contributed by atoms with Crippen LogP contribution in [0.5, 0.6) is 5.75 Å². The Bertz CT molecular complexity index is 1430. The molecular formula is C30H32FN5O4. The Balaban J connectivity index is 1.49. The largest absolute Gasteiger partial charge is 0.494 e. The molecule has 9 nitrogen and oxygen atoms in total. The number of benzene rings is 3. The summed E-state index contributed by atoms with van der Waals surface area (Å²) < 4.78 is 26.5. The van der Waals surface area contributed by atoms with Crippen molar-refractivity contribution < 1.29 is 23.5 Å². The molecule has 1 saturated heterocycles. The monoisotopic (exact) mass is 545 g/mol. The number of carbonyl (C=O) groups is 2. The fraction of sp³-hybridized carbons (Fsp3) is 0.333. The Kier molecular flexibility index (Phi) is 8.65. The lowest BCUT2D eigenvalue weighted by Crippen LogP contribution is -2.46. The maximum Gasteiger partial charge on any atom is 0.247 e. The molecule has 0 saturated carbocycles. The van der Waals surface area contributed by atoms with Crippen LogP contribution < -0.4 is 10.1 Å². The second-order valence-electron chi connectivity index (χ2n) is 9.67. The van der Waals surface area contributed by atoms with Crippen molar-refractivity contribution in [2.75, 3.05) is 19.8 Å². The van der Waals surface area contributed by atoms with Gasteiger partial charge in [0.15, 0.2) is 0 Å². The number of carbonyl (C=O) groups excluding carboxylic acids is 2. The highest BCUT2D eigenvalue weighted by Crippen LogP contribution is 2.27. The molecule has 3 aromatic carbocycles. The van der Waals surface area contributed by atoms with Crippen molar-refractivity contribution in [2.24, 2.45) is 0 Å². The molecule has 0 bridgehead atoms. The van der Waals surface area contributed by atoms with Crippen molar-refractivity contribution in [3.63, 3.8) is 0 Å². The van der Waals surface area contributed by atoms with E-state index < -0.39 is 6.04 Å². The average molecular weight is 546 g/mol. The van der Waals surface area contributed by atoms with E-state index in [9.17, 15) is 14.0 Å². The number of amides is 2. The molecule has 0 spiro atoms. The quantitative estimate of drug-likeness (QED) is 0.306. The second kappa shape index (κ2) is 12.7. The first-order chi connectivity index (χ1) is 19.5. The van der Waals surface area contributed by atoms with Crippen LogP contribution in [0.3, 0.4) is 0 Å². The summed E-state index contributed by atoms with van der Waals surface area (Å²) in [6.45, 7) is 3.37. The Labute approximate surface area is 231 Å². The number of rotatable bonds is 11. The van der Waals surface area contributed by atoms with Gasteiger partial charge in [-0.25, -0.2) is 9.07 Å². The van der Waals surface area contributed by atoms with Crippen LogP contribution in [-0.4, -0.2) is 57.6 Å². The summed E-state index contributed by atoms with van der Waals surface area (Å²) in [6.07, 6.45) is 1.75. The first kappa shape index (κ1) is 27.3. The molecule has 2 atom stereocenters. The molecule has 5 rings (SSSR count). The molecule has 1 aliphatic heterocycles. The maximum atomic E-state index is 14.0. The Hall–Kier alpha value is -4.31. The standard InChI is InChI=1S/C30H32FN5O4/c1-2-39-24-15-11-22(12-16-24)29(30(38)32-18-25-6-5-17-40-25)35(19-21-9-13-23(31)14-10-21)28(37)20-36-27-8-4-3-7-26(27)33-34-36/h3-4,7-16,25,29H,2,5-6,17-20H2,1H3,(H,32,38). The van der Waals surface area contributed by atoms with Crippen LogP contribution in [0.4, 0.5) is 4.39 Å². The van der Waals surface area contributed by atoms with Crippen LogP contribution in [-0.2, 0) is 27.4 Å². The molecule has 1 fully saturated rings. The molecule has 208 valence electrons. The lowest BCUT2D eigenvalue weighted by molar-refractivity contribution is -0.142. The topological polar surface area (TPSA) is 98.6 Å². The fourth-order valence-corrected chi connectivity index (χ4v) is 4.87. The van der Waals surface area contributed by atoms with Gasteiger partial charge in [-0.15, -0.1) is 5.10 Å². The predicted octanol–water partition coefficient (Wildman–Crippen LogP) is 4.03. The average Bonchev–Trinajstić information content (AvgIpc) is 3.64. The molecule has 2 amide bonds. The van der Waals surface area contributed by atoms with E-state index >= 15 is 0 Å². The van der Waals surface area contributed by atoms with E-state index in [1.165, 1.54) is 21.7 Å². The molecule has 40 heavy (non-hydrogen) atoms. The maximum absolute atomic E-state index is 14.0. The van der Waals surface area contributed by atoms with Crippen molar-refractivity contribution in [2.45, 2.75) is 45.0 Å². The van der Waals surface area contributed by atoms with E-state index in [0.29, 0.717) is 47.7 Å². The van der Waals surface area contributed by atoms with Crippen LogP contribution in [0.2, 0.25) is 0 Å². The second-order valence-corrected chi connectivity index (χ2v) is 9.67. The van der Waals surface area contributed by atoms with Gasteiger partial charge in [-0.1, -0.05) is 41.6 Å². The summed E-state index contributed by atoms with van der Waals surface area (Å²) in [6, 6.07) is 19.4.